The summed E-state index contributed by atoms with van der Waals surface area (Å²) in [5.41, 5.74) is 1.09. The molecule has 0 aromatic carbocycles. The minimum Gasteiger partial charge on any atom is -0.463 e. The number of hydrogen-bond acceptors (Lipinski definition) is 9. The summed E-state index contributed by atoms with van der Waals surface area (Å²) >= 11 is 0. The van der Waals surface area contributed by atoms with E-state index in [0.29, 0.717) is 43.5 Å². The lowest BCUT2D eigenvalue weighted by atomic mass is 10.0. The number of nitrogens with one attached hydrogen (secondary N) is 1. The third kappa shape index (κ3) is 82.6. The summed E-state index contributed by atoms with van der Waals surface area (Å²) in [4.78, 5) is 54.5. The van der Waals surface area contributed by atoms with Crippen molar-refractivity contribution in [1.29, 1.82) is 0 Å². The fraction of sp³-hybridized carbons (Fsp3) is 0.789. The molecule has 0 fully saturated rings. The molecule has 1 N–H and O–H groups in total. The lowest BCUT2D eigenvalue weighted by Gasteiger charge is -2.13. The second-order valence-corrected chi connectivity index (χ2v) is 22.4. The largest absolute Gasteiger partial charge is 0.463 e. The zero-order valence-electron chi connectivity index (χ0n) is 54.9. The van der Waals surface area contributed by atoms with E-state index in [0.717, 1.165) is 57.4 Å². The highest BCUT2D eigenvalue weighted by atomic mass is 16.5. The summed E-state index contributed by atoms with van der Waals surface area (Å²) in [5, 5.41) is 2.87. The number of hydrogen-bond donors (Lipinski definition) is 1. The first-order valence-corrected chi connectivity index (χ1v) is 33.2. The predicted octanol–water partition coefficient (Wildman–Crippen LogP) is 20.9. The molecule has 0 aromatic heterocycles. The first kappa shape index (κ1) is 85.8. The number of esters is 4. The van der Waals surface area contributed by atoms with Gasteiger partial charge in [0.05, 0.1) is 26.4 Å². The first-order valence-electron chi connectivity index (χ1n) is 33.2. The molecule has 0 aliphatic carbocycles. The Hall–Kier alpha value is -3.95. The Labute approximate surface area is 502 Å². The Kier molecular flexibility index (Phi) is 78.5. The Morgan fingerprint density at radius 1 is 0.383 bits per heavy atom. The zero-order chi connectivity index (χ0) is 61.7. The van der Waals surface area contributed by atoms with Gasteiger partial charge in [-0.25, -0.2) is 19.2 Å². The highest BCUT2D eigenvalue weighted by Gasteiger charge is 2.08. The third-order valence-electron chi connectivity index (χ3n) is 13.7. The van der Waals surface area contributed by atoms with Gasteiger partial charge in [0.1, 0.15) is 0 Å². The SMILES string of the molecule is C=C(C)C(=O)NCCCCCCCCCCCC.C=C(C)C(=O)OCCCCCCCCCCCC.C=CC(=O)OCC(CC)CCCC.C=CC(=O)OCCCCCCCC(C)C.C=CC(=O)OCCCCCCCCCCCC. The van der Waals surface area contributed by atoms with Crippen molar-refractivity contribution in [3.63, 3.8) is 0 Å². The molecule has 0 rings (SSSR count). The number of carbonyl (C=O) groups is 5. The van der Waals surface area contributed by atoms with Gasteiger partial charge >= 0.3 is 23.9 Å². The van der Waals surface area contributed by atoms with Gasteiger partial charge in [-0.05, 0) is 57.8 Å². The van der Waals surface area contributed by atoms with Crippen LogP contribution in [0.5, 0.6) is 0 Å². The molecule has 0 saturated heterocycles. The van der Waals surface area contributed by atoms with Crippen LogP contribution in [0.2, 0.25) is 0 Å². The van der Waals surface area contributed by atoms with Crippen LogP contribution in [-0.2, 0) is 42.9 Å². The molecule has 1 amide bonds. The molecule has 0 aliphatic heterocycles. The monoisotopic (exact) mass is 1140 g/mol. The van der Waals surface area contributed by atoms with Crippen LogP contribution < -0.4 is 5.32 Å². The minimum atomic E-state index is -0.310. The molecule has 476 valence electrons. The van der Waals surface area contributed by atoms with Gasteiger partial charge in [0.25, 0.3) is 0 Å². The molecule has 0 aromatic rings. The highest BCUT2D eigenvalue weighted by molar-refractivity contribution is 5.92. The maximum absolute atomic E-state index is 11.2. The number of amides is 1. The van der Waals surface area contributed by atoms with Crippen molar-refractivity contribution in [2.24, 2.45) is 11.8 Å². The minimum absolute atomic E-state index is 0.00840. The van der Waals surface area contributed by atoms with Gasteiger partial charge < -0.3 is 24.3 Å². The molecule has 0 spiro atoms. The van der Waals surface area contributed by atoms with Crippen LogP contribution in [0.3, 0.4) is 0 Å². The summed E-state index contributed by atoms with van der Waals surface area (Å²) < 4.78 is 19.8. The van der Waals surface area contributed by atoms with E-state index in [1.54, 1.807) is 13.8 Å². The van der Waals surface area contributed by atoms with Crippen molar-refractivity contribution in [1.82, 2.24) is 5.32 Å². The molecule has 0 aliphatic rings. The van der Waals surface area contributed by atoms with E-state index in [-0.39, 0.29) is 29.8 Å². The summed E-state index contributed by atoms with van der Waals surface area (Å²) in [7, 11) is 0. The normalized spacial score (nSPS) is 10.6. The quantitative estimate of drug-likeness (QED) is 0.0273. The predicted molar refractivity (Wildman–Crippen MR) is 348 cm³/mol. The van der Waals surface area contributed by atoms with Gasteiger partial charge in [0, 0.05) is 35.9 Å². The molecule has 10 heteroatoms. The van der Waals surface area contributed by atoms with Gasteiger partial charge in [-0.2, -0.15) is 0 Å². The van der Waals surface area contributed by atoms with E-state index in [4.69, 9.17) is 18.9 Å². The van der Waals surface area contributed by atoms with Crippen LogP contribution in [0, 0.1) is 11.8 Å². The standard InChI is InChI=1S/C16H31NO.C16H30O2.C15H28O2.C13H24O2.C11H20O2/c1-4-5-6-7-8-9-10-11-12-13-14-17-16(18)15(2)3;1-4-5-6-7-8-9-10-11-12-13-14-18-16(17)15(2)3;1-3-5-6-7-8-9-10-11-12-13-14-17-15(16)4-2;1-4-13(14)15-11-9-7-5-6-8-10-12(2)3;1-4-7-8-10(5-2)9-13-11(12)6-3/h2,4-14H2,1,3H3,(H,17,18);2,4-14H2,1,3H3;4H,2-3,5-14H2,1H3;4,12H,1,5-11H2,2-3H3;6,10H,3-5,7-9H2,1-2H3. The van der Waals surface area contributed by atoms with Crippen LogP contribution in [-0.4, -0.2) is 62.8 Å². The topological polar surface area (TPSA) is 134 Å². The van der Waals surface area contributed by atoms with Crippen LogP contribution >= 0.6 is 0 Å². The van der Waals surface area contributed by atoms with Crippen molar-refractivity contribution in [2.45, 2.75) is 319 Å². The lowest BCUT2D eigenvalue weighted by molar-refractivity contribution is -0.140. The Bertz CT molecular complexity index is 1410. The molecule has 10 nitrogen and oxygen atoms in total. The first-order chi connectivity index (χ1) is 39.1. The van der Waals surface area contributed by atoms with E-state index in [1.165, 1.54) is 230 Å². The molecule has 0 heterocycles. The van der Waals surface area contributed by atoms with Crippen molar-refractivity contribution in [2.75, 3.05) is 33.0 Å². The molecular weight excluding hydrogens is 1010 g/mol. The Morgan fingerprint density at radius 3 is 1.00 bits per heavy atom. The number of rotatable bonds is 52. The second kappa shape index (κ2) is 74.1. The van der Waals surface area contributed by atoms with Crippen molar-refractivity contribution in [3.05, 3.63) is 62.3 Å². The molecule has 0 bridgehead atoms. The maximum atomic E-state index is 11.2. The average Bonchev–Trinajstić information content (AvgIpc) is 3.46. The van der Waals surface area contributed by atoms with Gasteiger partial charge in [0.2, 0.25) is 5.91 Å². The molecule has 81 heavy (non-hydrogen) atoms. The number of unbranched alkanes of at least 4 members (excludes halogenated alkanes) is 32. The van der Waals surface area contributed by atoms with Crippen LogP contribution in [0.1, 0.15) is 319 Å². The van der Waals surface area contributed by atoms with Crippen molar-refractivity contribution >= 4 is 29.8 Å². The van der Waals surface area contributed by atoms with E-state index in [9.17, 15) is 24.0 Å². The van der Waals surface area contributed by atoms with Gasteiger partial charge in [0.15, 0.2) is 0 Å². The Balaban J connectivity index is -0.000000298. The fourth-order valence-corrected chi connectivity index (χ4v) is 8.24. The summed E-state index contributed by atoms with van der Waals surface area (Å²) in [6.07, 6.45) is 54.8. The summed E-state index contributed by atoms with van der Waals surface area (Å²) in [5.74, 6) is 0.143. The van der Waals surface area contributed by atoms with E-state index in [2.05, 4.69) is 86.7 Å². The lowest BCUT2D eigenvalue weighted by Crippen LogP contribution is -2.24. The van der Waals surface area contributed by atoms with E-state index in [1.807, 2.05) is 0 Å². The highest BCUT2D eigenvalue weighted by Crippen LogP contribution is 2.15. The van der Waals surface area contributed by atoms with E-state index < -0.39 is 0 Å². The number of ether oxygens (including phenoxy) is 4. The van der Waals surface area contributed by atoms with Crippen molar-refractivity contribution in [3.8, 4) is 0 Å². The zero-order valence-corrected chi connectivity index (χ0v) is 54.9. The summed E-state index contributed by atoms with van der Waals surface area (Å²) in [6, 6.07) is 0. The van der Waals surface area contributed by atoms with Gasteiger partial charge in [-0.1, -0.05) is 306 Å². The Morgan fingerprint density at radius 2 is 0.691 bits per heavy atom. The molecule has 0 saturated carbocycles. The average molecular weight is 1140 g/mol. The maximum Gasteiger partial charge on any atom is 0.333 e. The van der Waals surface area contributed by atoms with Crippen molar-refractivity contribution < 1.29 is 42.9 Å². The van der Waals surface area contributed by atoms with Gasteiger partial charge in [-0.3, -0.25) is 4.79 Å². The molecule has 1 atom stereocenters. The van der Waals surface area contributed by atoms with E-state index >= 15 is 0 Å². The smallest absolute Gasteiger partial charge is 0.333 e. The van der Waals surface area contributed by atoms with Gasteiger partial charge in [-0.15, -0.1) is 0 Å². The number of carbonyl (C=O) groups excluding carboxylic acids is 5. The van der Waals surface area contributed by atoms with Crippen LogP contribution in [0.4, 0.5) is 0 Å². The molecular formula is C71H133NO9. The van der Waals surface area contributed by atoms with Crippen LogP contribution in [0.25, 0.3) is 0 Å². The summed E-state index contributed by atoms with van der Waals surface area (Å²) in [6.45, 7) is 39.2. The molecule has 1 unspecified atom stereocenters. The molecule has 0 radical (unpaired) electrons. The second-order valence-electron chi connectivity index (χ2n) is 22.4. The third-order valence-corrected chi connectivity index (χ3v) is 13.7. The van der Waals surface area contributed by atoms with Crippen LogP contribution in [0.15, 0.2) is 62.3 Å². The fourth-order valence-electron chi connectivity index (χ4n) is 8.24.